The molecule has 0 heterocycles. The highest BCUT2D eigenvalue weighted by atomic mass is 14.9. The van der Waals surface area contributed by atoms with Crippen LogP contribution in [0.4, 0.5) is 0 Å². The molecule has 0 unspecified atom stereocenters. The van der Waals surface area contributed by atoms with Gasteiger partial charge in [0, 0.05) is 12.6 Å². The first-order valence-corrected chi connectivity index (χ1v) is 6.59. The van der Waals surface area contributed by atoms with E-state index >= 15 is 0 Å². The molecule has 0 atom stereocenters. The van der Waals surface area contributed by atoms with Gasteiger partial charge in [-0.25, -0.2) is 0 Å². The van der Waals surface area contributed by atoms with Crippen molar-refractivity contribution in [3.05, 3.63) is 34.9 Å². The molecule has 0 saturated carbocycles. The van der Waals surface area contributed by atoms with Crippen LogP contribution in [0, 0.1) is 19.3 Å². The van der Waals surface area contributed by atoms with Gasteiger partial charge in [-0.15, -0.1) is 0 Å². The molecule has 0 aliphatic carbocycles. The highest BCUT2D eigenvalue weighted by molar-refractivity contribution is 5.29. The first-order chi connectivity index (χ1) is 7.78. The van der Waals surface area contributed by atoms with E-state index in [1.807, 2.05) is 0 Å². The standard InChI is InChI=1S/C16H27N/c1-12(2)17-11-16(5,6)10-15-8-13(3)7-14(4)9-15/h7-9,12,17H,10-11H2,1-6H3. The van der Waals surface area contributed by atoms with Crippen LogP contribution >= 0.6 is 0 Å². The van der Waals surface area contributed by atoms with Gasteiger partial charge in [-0.3, -0.25) is 0 Å². The quantitative estimate of drug-likeness (QED) is 0.814. The minimum atomic E-state index is 0.310. The van der Waals surface area contributed by atoms with Crippen LogP contribution in [0.15, 0.2) is 18.2 Å². The maximum absolute atomic E-state index is 3.54. The summed E-state index contributed by atoms with van der Waals surface area (Å²) >= 11 is 0. The van der Waals surface area contributed by atoms with E-state index in [4.69, 9.17) is 0 Å². The zero-order valence-corrected chi connectivity index (χ0v) is 12.2. The monoisotopic (exact) mass is 233 g/mol. The van der Waals surface area contributed by atoms with Crippen molar-refractivity contribution in [2.75, 3.05) is 6.54 Å². The van der Waals surface area contributed by atoms with E-state index in [0.717, 1.165) is 13.0 Å². The third-order valence-corrected chi connectivity index (χ3v) is 2.95. The zero-order chi connectivity index (χ0) is 13.1. The molecule has 17 heavy (non-hydrogen) atoms. The minimum absolute atomic E-state index is 0.310. The van der Waals surface area contributed by atoms with Gasteiger partial charge >= 0.3 is 0 Å². The van der Waals surface area contributed by atoms with Crippen molar-refractivity contribution in [2.45, 2.75) is 54.0 Å². The number of benzene rings is 1. The molecule has 0 aliphatic rings. The SMILES string of the molecule is Cc1cc(C)cc(CC(C)(C)CNC(C)C)c1. The third kappa shape index (κ3) is 5.36. The normalized spacial score (nSPS) is 12.2. The molecular weight excluding hydrogens is 206 g/mol. The predicted molar refractivity (Wildman–Crippen MR) is 76.5 cm³/mol. The van der Waals surface area contributed by atoms with Crippen LogP contribution in [0.25, 0.3) is 0 Å². The number of aryl methyl sites for hydroxylation is 2. The highest BCUT2D eigenvalue weighted by Gasteiger charge is 2.18. The van der Waals surface area contributed by atoms with Gasteiger partial charge in [0.05, 0.1) is 0 Å². The molecule has 0 amide bonds. The summed E-state index contributed by atoms with van der Waals surface area (Å²) in [4.78, 5) is 0. The van der Waals surface area contributed by atoms with Crippen LogP contribution in [0.2, 0.25) is 0 Å². The van der Waals surface area contributed by atoms with Crippen LogP contribution in [-0.2, 0) is 6.42 Å². The Bertz CT molecular complexity index is 344. The Balaban J connectivity index is 2.68. The summed E-state index contributed by atoms with van der Waals surface area (Å²) in [5.41, 5.74) is 4.50. The smallest absolute Gasteiger partial charge is 0.00106 e. The van der Waals surface area contributed by atoms with Gasteiger partial charge in [0.1, 0.15) is 0 Å². The molecule has 0 aliphatic heterocycles. The van der Waals surface area contributed by atoms with Gasteiger partial charge in [0.2, 0.25) is 0 Å². The van der Waals surface area contributed by atoms with Crippen LogP contribution < -0.4 is 5.32 Å². The van der Waals surface area contributed by atoms with Gasteiger partial charge < -0.3 is 5.32 Å². The Kier molecular flexibility index (Phi) is 4.76. The van der Waals surface area contributed by atoms with E-state index in [2.05, 4.69) is 65.1 Å². The predicted octanol–water partition coefficient (Wildman–Crippen LogP) is 3.87. The minimum Gasteiger partial charge on any atom is -0.314 e. The first-order valence-electron chi connectivity index (χ1n) is 6.59. The average molecular weight is 233 g/mol. The van der Waals surface area contributed by atoms with Crippen molar-refractivity contribution in [2.24, 2.45) is 5.41 Å². The van der Waals surface area contributed by atoms with E-state index < -0.39 is 0 Å². The van der Waals surface area contributed by atoms with Crippen LogP contribution in [0.3, 0.4) is 0 Å². The Labute approximate surface area is 107 Å². The zero-order valence-electron chi connectivity index (χ0n) is 12.2. The molecule has 0 bridgehead atoms. The molecule has 0 radical (unpaired) electrons. The summed E-state index contributed by atoms with van der Waals surface area (Å²) in [6.45, 7) is 14.5. The van der Waals surface area contributed by atoms with Crippen molar-refractivity contribution in [3.63, 3.8) is 0 Å². The lowest BCUT2D eigenvalue weighted by molar-refractivity contribution is 0.325. The molecule has 0 spiro atoms. The Hall–Kier alpha value is -0.820. The van der Waals surface area contributed by atoms with E-state index in [-0.39, 0.29) is 0 Å². The number of hydrogen-bond acceptors (Lipinski definition) is 1. The van der Waals surface area contributed by atoms with E-state index in [0.29, 0.717) is 11.5 Å². The number of nitrogens with one attached hydrogen (secondary N) is 1. The lowest BCUT2D eigenvalue weighted by Crippen LogP contribution is -2.35. The fraction of sp³-hybridized carbons (Fsp3) is 0.625. The molecule has 1 aromatic carbocycles. The van der Waals surface area contributed by atoms with Gasteiger partial charge in [-0.2, -0.15) is 0 Å². The fourth-order valence-corrected chi connectivity index (χ4v) is 2.27. The number of hydrogen-bond donors (Lipinski definition) is 1. The summed E-state index contributed by atoms with van der Waals surface area (Å²) < 4.78 is 0. The Morgan fingerprint density at radius 3 is 2.06 bits per heavy atom. The van der Waals surface area contributed by atoms with Crippen molar-refractivity contribution < 1.29 is 0 Å². The summed E-state index contributed by atoms with van der Waals surface area (Å²) in [6, 6.07) is 7.42. The largest absolute Gasteiger partial charge is 0.314 e. The maximum Gasteiger partial charge on any atom is 0.00106 e. The molecule has 1 N–H and O–H groups in total. The molecular formula is C16H27N. The third-order valence-electron chi connectivity index (χ3n) is 2.95. The molecule has 0 fully saturated rings. The van der Waals surface area contributed by atoms with Crippen molar-refractivity contribution in [1.82, 2.24) is 5.32 Å². The topological polar surface area (TPSA) is 12.0 Å². The van der Waals surface area contributed by atoms with E-state index in [1.165, 1.54) is 16.7 Å². The average Bonchev–Trinajstić information content (AvgIpc) is 2.12. The summed E-state index contributed by atoms with van der Waals surface area (Å²) in [6.07, 6.45) is 1.13. The van der Waals surface area contributed by atoms with Gasteiger partial charge in [0.25, 0.3) is 0 Å². The molecule has 1 heteroatoms. The van der Waals surface area contributed by atoms with Crippen molar-refractivity contribution >= 4 is 0 Å². The lowest BCUT2D eigenvalue weighted by Gasteiger charge is -2.27. The molecule has 1 aromatic rings. The summed E-state index contributed by atoms with van der Waals surface area (Å²) in [5, 5.41) is 3.54. The number of rotatable bonds is 5. The van der Waals surface area contributed by atoms with Crippen molar-refractivity contribution in [1.29, 1.82) is 0 Å². The Morgan fingerprint density at radius 1 is 1.06 bits per heavy atom. The second kappa shape index (κ2) is 5.68. The summed E-state index contributed by atoms with van der Waals surface area (Å²) in [5.74, 6) is 0. The molecule has 0 aromatic heterocycles. The van der Waals surface area contributed by atoms with Crippen molar-refractivity contribution in [3.8, 4) is 0 Å². The highest BCUT2D eigenvalue weighted by Crippen LogP contribution is 2.22. The van der Waals surface area contributed by atoms with Gasteiger partial charge in [-0.05, 0) is 31.2 Å². The van der Waals surface area contributed by atoms with Gasteiger partial charge in [-0.1, -0.05) is 57.0 Å². The molecule has 0 saturated heterocycles. The fourth-order valence-electron chi connectivity index (χ4n) is 2.27. The van der Waals surface area contributed by atoms with E-state index in [1.54, 1.807) is 0 Å². The van der Waals surface area contributed by atoms with Crippen LogP contribution in [0.5, 0.6) is 0 Å². The maximum atomic E-state index is 3.54. The Morgan fingerprint density at radius 2 is 1.59 bits per heavy atom. The second-order valence-corrected chi connectivity index (χ2v) is 6.37. The molecule has 1 rings (SSSR count). The van der Waals surface area contributed by atoms with Crippen LogP contribution in [0.1, 0.15) is 44.4 Å². The second-order valence-electron chi connectivity index (χ2n) is 6.37. The van der Waals surface area contributed by atoms with Crippen LogP contribution in [-0.4, -0.2) is 12.6 Å². The molecule has 96 valence electrons. The van der Waals surface area contributed by atoms with Gasteiger partial charge in [0.15, 0.2) is 0 Å². The molecule has 1 nitrogen and oxygen atoms in total. The van der Waals surface area contributed by atoms with E-state index in [9.17, 15) is 0 Å². The summed E-state index contributed by atoms with van der Waals surface area (Å²) in [7, 11) is 0. The lowest BCUT2D eigenvalue weighted by atomic mass is 9.84. The first kappa shape index (κ1) is 14.2.